The van der Waals surface area contributed by atoms with Gasteiger partial charge in [-0.15, -0.1) is 0 Å². The monoisotopic (exact) mass is 277 g/mol. The van der Waals surface area contributed by atoms with E-state index in [4.69, 9.17) is 0 Å². The Bertz CT molecular complexity index is 424. The van der Waals surface area contributed by atoms with Crippen molar-refractivity contribution in [2.45, 2.75) is 52.5 Å². The first-order chi connectivity index (χ1) is 7.99. The molecule has 0 spiro atoms. The van der Waals surface area contributed by atoms with E-state index in [0.29, 0.717) is 13.0 Å². The van der Waals surface area contributed by atoms with Gasteiger partial charge in [-0.3, -0.25) is 4.79 Å². The summed E-state index contributed by atoms with van der Waals surface area (Å²) >= 11 is 0. The Morgan fingerprint density at radius 1 is 1.33 bits per heavy atom. The molecule has 1 rings (SSSR count). The molecule has 106 valence electrons. The van der Waals surface area contributed by atoms with E-state index in [2.05, 4.69) is 0 Å². The third-order valence-corrected chi connectivity index (χ3v) is 5.73. The summed E-state index contributed by atoms with van der Waals surface area (Å²) in [6.07, 6.45) is 1.86. The molecule has 1 N–H and O–H groups in total. The van der Waals surface area contributed by atoms with Crippen LogP contribution in [0.2, 0.25) is 0 Å². The summed E-state index contributed by atoms with van der Waals surface area (Å²) in [7, 11) is -3.54. The molecule has 18 heavy (non-hydrogen) atoms. The topological polar surface area (TPSA) is 74.7 Å². The van der Waals surface area contributed by atoms with Crippen LogP contribution in [-0.4, -0.2) is 41.6 Å². The Morgan fingerprint density at radius 2 is 1.89 bits per heavy atom. The van der Waals surface area contributed by atoms with Crippen LogP contribution in [0.3, 0.4) is 0 Å². The molecule has 0 aliphatic carbocycles. The van der Waals surface area contributed by atoms with Crippen molar-refractivity contribution in [2.24, 2.45) is 5.41 Å². The van der Waals surface area contributed by atoms with Gasteiger partial charge in [-0.05, 0) is 31.6 Å². The van der Waals surface area contributed by atoms with Crippen molar-refractivity contribution in [3.8, 4) is 0 Å². The van der Waals surface area contributed by atoms with Crippen molar-refractivity contribution >= 4 is 16.0 Å². The maximum Gasteiger partial charge on any atom is 0.324 e. The normalized spacial score (nSPS) is 27.1. The van der Waals surface area contributed by atoms with Gasteiger partial charge in [0.1, 0.15) is 5.54 Å². The van der Waals surface area contributed by atoms with E-state index in [1.807, 2.05) is 20.8 Å². The Morgan fingerprint density at radius 3 is 2.33 bits per heavy atom. The second-order valence-corrected chi connectivity index (χ2v) is 8.32. The largest absolute Gasteiger partial charge is 0.480 e. The van der Waals surface area contributed by atoms with Crippen molar-refractivity contribution in [1.82, 2.24) is 4.31 Å². The molecule has 1 heterocycles. The highest BCUT2D eigenvalue weighted by Crippen LogP contribution is 2.32. The van der Waals surface area contributed by atoms with Gasteiger partial charge in [0.05, 0.1) is 5.75 Å². The molecule has 0 aromatic heterocycles. The molecule has 0 saturated carbocycles. The molecular weight excluding hydrogens is 254 g/mol. The Labute approximate surface area is 109 Å². The average molecular weight is 277 g/mol. The molecular formula is C12H23NO4S. The molecule has 0 bridgehead atoms. The predicted octanol–water partition coefficient (Wildman–Crippen LogP) is 1.69. The first-order valence-corrected chi connectivity index (χ1v) is 7.84. The van der Waals surface area contributed by atoms with Gasteiger partial charge in [-0.25, -0.2) is 8.42 Å². The zero-order valence-corrected chi connectivity index (χ0v) is 12.4. The molecule has 6 heteroatoms. The zero-order valence-electron chi connectivity index (χ0n) is 11.6. The lowest BCUT2D eigenvalue weighted by Crippen LogP contribution is -2.58. The van der Waals surface area contributed by atoms with Gasteiger partial charge in [0, 0.05) is 6.54 Å². The lowest BCUT2D eigenvalue weighted by Gasteiger charge is -2.41. The number of carboxylic acid groups (broad SMARTS) is 1. The Hall–Kier alpha value is -0.620. The first kappa shape index (κ1) is 15.4. The Kier molecular flexibility index (Phi) is 4.13. The fourth-order valence-corrected chi connectivity index (χ4v) is 4.82. The zero-order chi connectivity index (χ0) is 14.2. The summed E-state index contributed by atoms with van der Waals surface area (Å²) in [4.78, 5) is 11.4. The van der Waals surface area contributed by atoms with Crippen LogP contribution in [0.1, 0.15) is 47.0 Å². The molecule has 1 unspecified atom stereocenters. The van der Waals surface area contributed by atoms with Crippen LogP contribution in [0.4, 0.5) is 0 Å². The van der Waals surface area contributed by atoms with E-state index in [1.165, 1.54) is 11.2 Å². The van der Waals surface area contributed by atoms with Crippen molar-refractivity contribution < 1.29 is 18.3 Å². The van der Waals surface area contributed by atoms with Gasteiger partial charge < -0.3 is 5.11 Å². The van der Waals surface area contributed by atoms with Crippen LogP contribution in [0, 0.1) is 5.41 Å². The van der Waals surface area contributed by atoms with E-state index >= 15 is 0 Å². The second-order valence-electron chi connectivity index (χ2n) is 6.43. The van der Waals surface area contributed by atoms with Gasteiger partial charge in [-0.2, -0.15) is 4.31 Å². The molecule has 1 aliphatic heterocycles. The standard InChI is InChI=1S/C12H23NO4S/c1-11(2,3)9-18(16,17)13-8-6-5-7-12(13,4)10(14)15/h5-9H2,1-4H3,(H,14,15). The maximum atomic E-state index is 12.4. The van der Waals surface area contributed by atoms with Crippen molar-refractivity contribution in [1.29, 1.82) is 0 Å². The van der Waals surface area contributed by atoms with Crippen LogP contribution >= 0.6 is 0 Å². The third kappa shape index (κ3) is 3.23. The number of nitrogens with zero attached hydrogens (tertiary/aromatic N) is 1. The maximum absolute atomic E-state index is 12.4. The summed E-state index contributed by atoms with van der Waals surface area (Å²) < 4.78 is 26.0. The van der Waals surface area contributed by atoms with Gasteiger partial charge >= 0.3 is 5.97 Å². The molecule has 1 fully saturated rings. The third-order valence-electron chi connectivity index (χ3n) is 3.24. The highest BCUT2D eigenvalue weighted by Gasteiger charge is 2.47. The minimum atomic E-state index is -3.54. The Balaban J connectivity index is 3.08. The lowest BCUT2D eigenvalue weighted by atomic mass is 9.91. The highest BCUT2D eigenvalue weighted by molar-refractivity contribution is 7.89. The van der Waals surface area contributed by atoms with Gasteiger partial charge in [0.25, 0.3) is 0 Å². The molecule has 0 radical (unpaired) electrons. The number of hydrogen-bond donors (Lipinski definition) is 1. The van der Waals surface area contributed by atoms with E-state index in [9.17, 15) is 18.3 Å². The van der Waals surface area contributed by atoms with Crippen molar-refractivity contribution in [3.05, 3.63) is 0 Å². The molecule has 1 saturated heterocycles. The minimum absolute atomic E-state index is 0.0249. The van der Waals surface area contributed by atoms with Crippen LogP contribution in [0.15, 0.2) is 0 Å². The quantitative estimate of drug-likeness (QED) is 0.852. The molecule has 1 aliphatic rings. The van der Waals surface area contributed by atoms with E-state index < -0.39 is 21.5 Å². The van der Waals surface area contributed by atoms with E-state index in [0.717, 1.165) is 12.8 Å². The number of piperidine rings is 1. The summed E-state index contributed by atoms with van der Waals surface area (Å²) in [6, 6.07) is 0. The van der Waals surface area contributed by atoms with E-state index in [1.54, 1.807) is 0 Å². The van der Waals surface area contributed by atoms with E-state index in [-0.39, 0.29) is 11.2 Å². The fourth-order valence-electron chi connectivity index (χ4n) is 2.38. The molecule has 0 amide bonds. The number of rotatable bonds is 3. The summed E-state index contributed by atoms with van der Waals surface area (Å²) in [6.45, 7) is 7.34. The van der Waals surface area contributed by atoms with Crippen molar-refractivity contribution in [2.75, 3.05) is 12.3 Å². The van der Waals surface area contributed by atoms with Crippen LogP contribution in [-0.2, 0) is 14.8 Å². The molecule has 1 atom stereocenters. The molecule has 5 nitrogen and oxygen atoms in total. The smallest absolute Gasteiger partial charge is 0.324 e. The fraction of sp³-hybridized carbons (Fsp3) is 0.917. The van der Waals surface area contributed by atoms with Gasteiger partial charge in [0.15, 0.2) is 0 Å². The molecule has 0 aromatic carbocycles. The number of carbonyl (C=O) groups is 1. The number of sulfonamides is 1. The van der Waals surface area contributed by atoms with Crippen LogP contribution in [0.5, 0.6) is 0 Å². The van der Waals surface area contributed by atoms with Crippen LogP contribution < -0.4 is 0 Å². The first-order valence-electron chi connectivity index (χ1n) is 6.23. The highest BCUT2D eigenvalue weighted by atomic mass is 32.2. The second kappa shape index (κ2) is 4.81. The molecule has 0 aromatic rings. The van der Waals surface area contributed by atoms with Crippen LogP contribution in [0.25, 0.3) is 0 Å². The summed E-state index contributed by atoms with van der Waals surface area (Å²) in [5.41, 5.74) is -1.67. The van der Waals surface area contributed by atoms with Crippen molar-refractivity contribution in [3.63, 3.8) is 0 Å². The van der Waals surface area contributed by atoms with Gasteiger partial charge in [0.2, 0.25) is 10.0 Å². The SMILES string of the molecule is CC(C)(C)CS(=O)(=O)N1CCCCC1(C)C(=O)O. The predicted molar refractivity (Wildman–Crippen MR) is 69.8 cm³/mol. The number of aliphatic carboxylic acids is 1. The van der Waals surface area contributed by atoms with Gasteiger partial charge in [-0.1, -0.05) is 20.8 Å². The summed E-state index contributed by atoms with van der Waals surface area (Å²) in [5.74, 6) is -1.08. The number of carboxylic acids is 1. The number of hydrogen-bond acceptors (Lipinski definition) is 3. The lowest BCUT2D eigenvalue weighted by molar-refractivity contribution is -0.149. The average Bonchev–Trinajstić information content (AvgIpc) is 2.13. The minimum Gasteiger partial charge on any atom is -0.480 e. The summed E-state index contributed by atoms with van der Waals surface area (Å²) in [5, 5.41) is 9.32.